The molecular weight excluding hydrogens is 238 g/mol. The van der Waals surface area contributed by atoms with E-state index in [1.165, 1.54) is 5.56 Å². The van der Waals surface area contributed by atoms with Crippen LogP contribution >= 0.6 is 0 Å². The molecule has 3 heteroatoms. The molecule has 0 saturated carbocycles. The van der Waals surface area contributed by atoms with Crippen molar-refractivity contribution >= 4 is 0 Å². The second-order valence-corrected chi connectivity index (χ2v) is 4.46. The van der Waals surface area contributed by atoms with Crippen LogP contribution in [0.3, 0.4) is 0 Å². The molecule has 0 spiro atoms. The van der Waals surface area contributed by atoms with Crippen LogP contribution in [0.15, 0.2) is 42.5 Å². The van der Waals surface area contributed by atoms with Crippen molar-refractivity contribution in [2.24, 2.45) is 5.73 Å². The lowest BCUT2D eigenvalue weighted by molar-refractivity contribution is 0.305. The van der Waals surface area contributed by atoms with Gasteiger partial charge in [-0.1, -0.05) is 18.2 Å². The van der Waals surface area contributed by atoms with E-state index in [0.29, 0.717) is 13.2 Å². The minimum Gasteiger partial charge on any atom is -0.496 e. The summed E-state index contributed by atoms with van der Waals surface area (Å²) in [6, 6.07) is 14.0. The Hall–Kier alpha value is -2.00. The summed E-state index contributed by atoms with van der Waals surface area (Å²) in [5.74, 6) is 1.70. The van der Waals surface area contributed by atoms with Crippen LogP contribution in [-0.2, 0) is 13.2 Å². The molecule has 3 nitrogen and oxygen atoms in total. The fourth-order valence-electron chi connectivity index (χ4n) is 1.95. The predicted molar refractivity (Wildman–Crippen MR) is 76.4 cm³/mol. The number of benzene rings is 2. The number of ether oxygens (including phenoxy) is 2. The third-order valence-electron chi connectivity index (χ3n) is 2.96. The van der Waals surface area contributed by atoms with Gasteiger partial charge in [0.05, 0.1) is 7.11 Å². The molecule has 0 fully saturated rings. The summed E-state index contributed by atoms with van der Waals surface area (Å²) in [5.41, 5.74) is 8.97. The van der Waals surface area contributed by atoms with Gasteiger partial charge in [-0.2, -0.15) is 0 Å². The standard InChI is InChI=1S/C16H19NO2/c1-12-4-3-5-15(8-12)19-11-13-6-7-16(18-2)14(9-13)10-17/h3-9H,10-11,17H2,1-2H3. The van der Waals surface area contributed by atoms with Crippen LogP contribution in [0.4, 0.5) is 0 Å². The van der Waals surface area contributed by atoms with E-state index in [2.05, 4.69) is 0 Å². The second-order valence-electron chi connectivity index (χ2n) is 4.46. The van der Waals surface area contributed by atoms with Gasteiger partial charge < -0.3 is 15.2 Å². The fourth-order valence-corrected chi connectivity index (χ4v) is 1.95. The average molecular weight is 257 g/mol. The first kappa shape index (κ1) is 13.4. The molecule has 0 amide bonds. The largest absolute Gasteiger partial charge is 0.496 e. The van der Waals surface area contributed by atoms with E-state index in [1.807, 2.05) is 49.4 Å². The van der Waals surface area contributed by atoms with Gasteiger partial charge in [0.25, 0.3) is 0 Å². The molecule has 0 aliphatic rings. The Balaban J connectivity index is 2.07. The highest BCUT2D eigenvalue weighted by atomic mass is 16.5. The molecule has 0 bridgehead atoms. The van der Waals surface area contributed by atoms with Crippen molar-refractivity contribution in [1.82, 2.24) is 0 Å². The summed E-state index contributed by atoms with van der Waals surface area (Å²) in [7, 11) is 1.65. The normalized spacial score (nSPS) is 10.3. The van der Waals surface area contributed by atoms with Crippen LogP contribution in [0, 0.1) is 6.92 Å². The Morgan fingerprint density at radius 1 is 1.11 bits per heavy atom. The molecule has 0 heterocycles. The highest BCUT2D eigenvalue weighted by molar-refractivity contribution is 5.37. The van der Waals surface area contributed by atoms with Crippen LogP contribution < -0.4 is 15.2 Å². The smallest absolute Gasteiger partial charge is 0.123 e. The van der Waals surface area contributed by atoms with Crippen molar-refractivity contribution in [3.63, 3.8) is 0 Å². The first-order valence-electron chi connectivity index (χ1n) is 6.28. The van der Waals surface area contributed by atoms with Crippen molar-refractivity contribution in [2.45, 2.75) is 20.1 Å². The summed E-state index contributed by atoms with van der Waals surface area (Å²) in [4.78, 5) is 0. The van der Waals surface area contributed by atoms with Crippen LogP contribution in [0.2, 0.25) is 0 Å². The molecule has 2 N–H and O–H groups in total. The zero-order valence-corrected chi connectivity index (χ0v) is 11.3. The lowest BCUT2D eigenvalue weighted by Gasteiger charge is -2.10. The van der Waals surface area contributed by atoms with Crippen LogP contribution in [-0.4, -0.2) is 7.11 Å². The first-order valence-corrected chi connectivity index (χ1v) is 6.28. The molecule has 2 aromatic rings. The van der Waals surface area contributed by atoms with Crippen LogP contribution in [0.1, 0.15) is 16.7 Å². The van der Waals surface area contributed by atoms with E-state index in [9.17, 15) is 0 Å². The highest BCUT2D eigenvalue weighted by Crippen LogP contribution is 2.21. The summed E-state index contributed by atoms with van der Waals surface area (Å²) in [6.07, 6.45) is 0. The average Bonchev–Trinajstić information content (AvgIpc) is 2.45. The summed E-state index contributed by atoms with van der Waals surface area (Å²) < 4.78 is 11.0. The van der Waals surface area contributed by atoms with Gasteiger partial charge in [0.1, 0.15) is 18.1 Å². The van der Waals surface area contributed by atoms with Crippen molar-refractivity contribution in [2.75, 3.05) is 7.11 Å². The minimum atomic E-state index is 0.460. The zero-order chi connectivity index (χ0) is 13.7. The monoisotopic (exact) mass is 257 g/mol. The molecule has 0 radical (unpaired) electrons. The molecule has 2 rings (SSSR count). The number of nitrogens with two attached hydrogens (primary N) is 1. The molecule has 0 aliphatic carbocycles. The van der Waals surface area contributed by atoms with Crippen molar-refractivity contribution in [3.05, 3.63) is 59.2 Å². The first-order chi connectivity index (χ1) is 9.22. The van der Waals surface area contributed by atoms with E-state index < -0.39 is 0 Å². The maximum absolute atomic E-state index is 5.76. The Labute approximate surface area is 114 Å². The number of hydrogen-bond acceptors (Lipinski definition) is 3. The molecular formula is C16H19NO2. The number of hydrogen-bond donors (Lipinski definition) is 1. The summed E-state index contributed by atoms with van der Waals surface area (Å²) in [5, 5.41) is 0. The molecule has 100 valence electrons. The van der Waals surface area contributed by atoms with Gasteiger partial charge in [0.2, 0.25) is 0 Å². The van der Waals surface area contributed by atoms with E-state index in [0.717, 1.165) is 22.6 Å². The predicted octanol–water partition coefficient (Wildman–Crippen LogP) is 3.04. The Kier molecular flexibility index (Phi) is 4.42. The minimum absolute atomic E-state index is 0.460. The Morgan fingerprint density at radius 2 is 1.95 bits per heavy atom. The van der Waals surface area contributed by atoms with Gasteiger partial charge >= 0.3 is 0 Å². The number of aryl methyl sites for hydroxylation is 1. The van der Waals surface area contributed by atoms with Gasteiger partial charge in [0.15, 0.2) is 0 Å². The molecule has 0 atom stereocenters. The van der Waals surface area contributed by atoms with E-state index >= 15 is 0 Å². The van der Waals surface area contributed by atoms with Crippen molar-refractivity contribution in [1.29, 1.82) is 0 Å². The van der Waals surface area contributed by atoms with E-state index in [1.54, 1.807) is 7.11 Å². The quantitative estimate of drug-likeness (QED) is 0.895. The van der Waals surface area contributed by atoms with Crippen molar-refractivity contribution in [3.8, 4) is 11.5 Å². The summed E-state index contributed by atoms with van der Waals surface area (Å²) in [6.45, 7) is 3.04. The SMILES string of the molecule is COc1ccc(COc2cccc(C)c2)cc1CN. The molecule has 2 aromatic carbocycles. The molecule has 0 saturated heterocycles. The zero-order valence-electron chi connectivity index (χ0n) is 11.3. The Bertz CT molecular complexity index is 552. The van der Waals surface area contributed by atoms with Crippen LogP contribution in [0.5, 0.6) is 11.5 Å². The van der Waals surface area contributed by atoms with Gasteiger partial charge in [-0.15, -0.1) is 0 Å². The number of rotatable bonds is 5. The Morgan fingerprint density at radius 3 is 2.63 bits per heavy atom. The third kappa shape index (κ3) is 3.48. The third-order valence-corrected chi connectivity index (χ3v) is 2.96. The maximum Gasteiger partial charge on any atom is 0.123 e. The molecule has 0 unspecified atom stereocenters. The topological polar surface area (TPSA) is 44.5 Å². The lowest BCUT2D eigenvalue weighted by Crippen LogP contribution is -2.02. The van der Waals surface area contributed by atoms with Gasteiger partial charge in [-0.05, 0) is 42.3 Å². The molecule has 19 heavy (non-hydrogen) atoms. The lowest BCUT2D eigenvalue weighted by atomic mass is 10.1. The van der Waals surface area contributed by atoms with Gasteiger partial charge in [0, 0.05) is 12.1 Å². The van der Waals surface area contributed by atoms with E-state index in [-0.39, 0.29) is 0 Å². The highest BCUT2D eigenvalue weighted by Gasteiger charge is 2.03. The van der Waals surface area contributed by atoms with Gasteiger partial charge in [-0.25, -0.2) is 0 Å². The van der Waals surface area contributed by atoms with Gasteiger partial charge in [-0.3, -0.25) is 0 Å². The van der Waals surface area contributed by atoms with Crippen LogP contribution in [0.25, 0.3) is 0 Å². The maximum atomic E-state index is 5.76. The fraction of sp³-hybridized carbons (Fsp3) is 0.250. The van der Waals surface area contributed by atoms with Crippen molar-refractivity contribution < 1.29 is 9.47 Å². The second kappa shape index (κ2) is 6.25. The van der Waals surface area contributed by atoms with E-state index in [4.69, 9.17) is 15.2 Å². The number of methoxy groups -OCH3 is 1. The molecule has 0 aromatic heterocycles. The molecule has 0 aliphatic heterocycles. The summed E-state index contributed by atoms with van der Waals surface area (Å²) >= 11 is 0.